The van der Waals surface area contributed by atoms with Crippen LogP contribution < -0.4 is 5.73 Å². The van der Waals surface area contributed by atoms with Gasteiger partial charge in [0.1, 0.15) is 0 Å². The Balaban J connectivity index is 1.75. The van der Waals surface area contributed by atoms with Crippen LogP contribution in [0.3, 0.4) is 0 Å². The van der Waals surface area contributed by atoms with Gasteiger partial charge in [0.25, 0.3) is 0 Å². The van der Waals surface area contributed by atoms with Crippen molar-refractivity contribution in [3.63, 3.8) is 0 Å². The summed E-state index contributed by atoms with van der Waals surface area (Å²) in [5.74, 6) is 0.842. The quantitative estimate of drug-likeness (QED) is 0.744. The van der Waals surface area contributed by atoms with Gasteiger partial charge in [-0.05, 0) is 47.8 Å². The lowest BCUT2D eigenvalue weighted by molar-refractivity contribution is 0.0927. The van der Waals surface area contributed by atoms with E-state index in [9.17, 15) is 0 Å². The topological polar surface area (TPSA) is 38.5 Å². The Hall–Kier alpha value is 0.0600. The van der Waals surface area contributed by atoms with Gasteiger partial charge < -0.3 is 10.5 Å². The van der Waals surface area contributed by atoms with E-state index < -0.39 is 0 Å². The predicted molar refractivity (Wildman–Crippen MR) is 80.0 cm³/mol. The van der Waals surface area contributed by atoms with Crippen molar-refractivity contribution in [2.75, 3.05) is 33.4 Å². The molecule has 1 aromatic rings. The van der Waals surface area contributed by atoms with E-state index in [0.29, 0.717) is 12.6 Å². The second kappa shape index (κ2) is 7.01. The Morgan fingerprint density at radius 1 is 1.61 bits per heavy atom. The summed E-state index contributed by atoms with van der Waals surface area (Å²) in [7, 11) is 2.12. The molecule has 1 saturated carbocycles. The van der Waals surface area contributed by atoms with Crippen molar-refractivity contribution in [3.8, 4) is 0 Å². The molecule has 5 heteroatoms. The SMILES string of the molecule is CN(CCOCC1CC1)C(CN)c1cc(Br)cs1. The van der Waals surface area contributed by atoms with Crippen molar-refractivity contribution in [1.29, 1.82) is 0 Å². The number of halogens is 1. The zero-order valence-corrected chi connectivity index (χ0v) is 13.2. The van der Waals surface area contributed by atoms with Crippen molar-refractivity contribution in [2.45, 2.75) is 18.9 Å². The number of likely N-dealkylation sites (N-methyl/N-ethyl adjacent to an activating group) is 1. The standard InChI is InChI=1S/C13H21BrN2OS/c1-16(4-5-17-8-10-2-3-10)12(7-15)13-6-11(14)9-18-13/h6,9-10,12H,2-5,7-8,15H2,1H3. The molecule has 2 rings (SSSR count). The molecule has 1 atom stereocenters. The summed E-state index contributed by atoms with van der Waals surface area (Å²) in [5, 5.41) is 2.11. The monoisotopic (exact) mass is 332 g/mol. The summed E-state index contributed by atoms with van der Waals surface area (Å²) >= 11 is 5.25. The molecule has 0 bridgehead atoms. The summed E-state index contributed by atoms with van der Waals surface area (Å²) in [5.41, 5.74) is 5.89. The van der Waals surface area contributed by atoms with Gasteiger partial charge in [0.2, 0.25) is 0 Å². The summed E-state index contributed by atoms with van der Waals surface area (Å²) in [6.07, 6.45) is 2.70. The molecule has 1 unspecified atom stereocenters. The van der Waals surface area contributed by atoms with Gasteiger partial charge in [0.05, 0.1) is 12.6 Å². The van der Waals surface area contributed by atoms with E-state index in [1.807, 2.05) is 0 Å². The van der Waals surface area contributed by atoms with Gasteiger partial charge in [-0.25, -0.2) is 0 Å². The molecule has 0 spiro atoms. The Morgan fingerprint density at radius 2 is 2.39 bits per heavy atom. The molecule has 0 radical (unpaired) electrons. The van der Waals surface area contributed by atoms with Crippen LogP contribution in [0, 0.1) is 5.92 Å². The molecule has 3 nitrogen and oxygen atoms in total. The zero-order valence-electron chi connectivity index (χ0n) is 10.8. The highest BCUT2D eigenvalue weighted by Crippen LogP contribution is 2.29. The van der Waals surface area contributed by atoms with Crippen LogP contribution in [0.15, 0.2) is 15.9 Å². The first-order valence-corrected chi connectivity index (χ1v) is 8.10. The molecule has 0 amide bonds. The van der Waals surface area contributed by atoms with E-state index in [4.69, 9.17) is 10.5 Å². The van der Waals surface area contributed by atoms with Crippen molar-refractivity contribution < 1.29 is 4.74 Å². The van der Waals surface area contributed by atoms with Gasteiger partial charge in [-0.15, -0.1) is 11.3 Å². The maximum Gasteiger partial charge on any atom is 0.0593 e. The lowest BCUT2D eigenvalue weighted by Crippen LogP contribution is -2.32. The van der Waals surface area contributed by atoms with Crippen molar-refractivity contribution in [2.24, 2.45) is 11.7 Å². The molecular weight excluding hydrogens is 312 g/mol. The van der Waals surface area contributed by atoms with Crippen LogP contribution in [0.4, 0.5) is 0 Å². The van der Waals surface area contributed by atoms with E-state index in [-0.39, 0.29) is 0 Å². The minimum atomic E-state index is 0.297. The van der Waals surface area contributed by atoms with Crippen LogP contribution in [0.2, 0.25) is 0 Å². The smallest absolute Gasteiger partial charge is 0.0593 e. The fourth-order valence-corrected chi connectivity index (χ4v) is 3.54. The first-order valence-electron chi connectivity index (χ1n) is 6.42. The van der Waals surface area contributed by atoms with Crippen molar-refractivity contribution in [1.82, 2.24) is 4.90 Å². The van der Waals surface area contributed by atoms with Crippen LogP contribution in [-0.2, 0) is 4.74 Å². The minimum absolute atomic E-state index is 0.297. The summed E-state index contributed by atoms with van der Waals surface area (Å²) < 4.78 is 6.81. The first kappa shape index (κ1) is 14.5. The Labute approximate surface area is 121 Å². The molecule has 1 aliphatic carbocycles. The highest BCUT2D eigenvalue weighted by Gasteiger charge is 2.21. The molecule has 18 heavy (non-hydrogen) atoms. The Kier molecular flexibility index (Phi) is 5.63. The molecule has 1 aromatic heterocycles. The molecule has 0 aliphatic heterocycles. The maximum absolute atomic E-state index is 5.89. The third kappa shape index (κ3) is 4.31. The number of hydrogen-bond acceptors (Lipinski definition) is 4. The lowest BCUT2D eigenvalue weighted by Gasteiger charge is -2.25. The van der Waals surface area contributed by atoms with Gasteiger partial charge in [-0.3, -0.25) is 4.90 Å². The molecule has 0 aromatic carbocycles. The number of nitrogens with two attached hydrogens (primary N) is 1. The number of rotatable bonds is 8. The third-order valence-corrected chi connectivity index (χ3v) is 5.11. The summed E-state index contributed by atoms with van der Waals surface area (Å²) in [6.45, 7) is 3.32. The van der Waals surface area contributed by atoms with Crippen LogP contribution in [-0.4, -0.2) is 38.3 Å². The van der Waals surface area contributed by atoms with Gasteiger partial charge in [-0.1, -0.05) is 0 Å². The van der Waals surface area contributed by atoms with Crippen LogP contribution in [0.25, 0.3) is 0 Å². The summed E-state index contributed by atoms with van der Waals surface area (Å²) in [4.78, 5) is 3.60. The van der Waals surface area contributed by atoms with E-state index >= 15 is 0 Å². The molecule has 102 valence electrons. The number of hydrogen-bond donors (Lipinski definition) is 1. The lowest BCUT2D eigenvalue weighted by atomic mass is 10.2. The largest absolute Gasteiger partial charge is 0.380 e. The molecule has 2 N–H and O–H groups in total. The van der Waals surface area contributed by atoms with Gasteiger partial charge in [0, 0.05) is 34.4 Å². The molecule has 1 aliphatic rings. The maximum atomic E-state index is 5.89. The van der Waals surface area contributed by atoms with Gasteiger partial charge in [-0.2, -0.15) is 0 Å². The van der Waals surface area contributed by atoms with Gasteiger partial charge in [0.15, 0.2) is 0 Å². The van der Waals surface area contributed by atoms with Crippen LogP contribution in [0.1, 0.15) is 23.8 Å². The Morgan fingerprint density at radius 3 is 2.94 bits per heavy atom. The summed E-state index contributed by atoms with van der Waals surface area (Å²) in [6, 6.07) is 2.45. The number of ether oxygens (including phenoxy) is 1. The highest BCUT2D eigenvalue weighted by molar-refractivity contribution is 9.10. The van der Waals surface area contributed by atoms with E-state index in [1.165, 1.54) is 17.7 Å². The molecular formula is C13H21BrN2OS. The molecule has 1 fully saturated rings. The minimum Gasteiger partial charge on any atom is -0.380 e. The second-order valence-corrected chi connectivity index (χ2v) is 6.78. The predicted octanol–water partition coefficient (Wildman–Crippen LogP) is 2.87. The fourth-order valence-electron chi connectivity index (χ4n) is 1.92. The highest BCUT2D eigenvalue weighted by atomic mass is 79.9. The van der Waals surface area contributed by atoms with Crippen molar-refractivity contribution >= 4 is 27.3 Å². The average molecular weight is 333 g/mol. The van der Waals surface area contributed by atoms with E-state index in [2.05, 4.69) is 39.3 Å². The van der Waals surface area contributed by atoms with Crippen LogP contribution >= 0.6 is 27.3 Å². The molecule has 0 saturated heterocycles. The zero-order chi connectivity index (χ0) is 13.0. The van der Waals surface area contributed by atoms with E-state index in [0.717, 1.165) is 30.1 Å². The van der Waals surface area contributed by atoms with Gasteiger partial charge >= 0.3 is 0 Å². The second-order valence-electron chi connectivity index (χ2n) is 4.92. The fraction of sp³-hybridized carbons (Fsp3) is 0.692. The average Bonchev–Trinajstić information content (AvgIpc) is 3.08. The normalized spacial score (nSPS) is 17.3. The molecule has 1 heterocycles. The first-order chi connectivity index (χ1) is 8.70. The van der Waals surface area contributed by atoms with E-state index in [1.54, 1.807) is 11.3 Å². The Bertz CT molecular complexity index is 368. The number of nitrogens with zero attached hydrogens (tertiary/aromatic N) is 1. The van der Waals surface area contributed by atoms with Crippen molar-refractivity contribution in [3.05, 3.63) is 20.8 Å². The van der Waals surface area contributed by atoms with Crippen LogP contribution in [0.5, 0.6) is 0 Å². The third-order valence-electron chi connectivity index (χ3n) is 3.31. The number of thiophene rings is 1.